The second-order valence-corrected chi connectivity index (χ2v) is 5.63. The number of benzene rings is 2. The van der Waals surface area contributed by atoms with E-state index in [1.807, 2.05) is 66.9 Å². The molecule has 0 spiro atoms. The fraction of sp³-hybridized carbons (Fsp3) is 0.200. The summed E-state index contributed by atoms with van der Waals surface area (Å²) in [4.78, 5) is 17.2. The van der Waals surface area contributed by atoms with Crippen molar-refractivity contribution >= 4 is 5.97 Å². The van der Waals surface area contributed by atoms with E-state index >= 15 is 0 Å². The molecule has 0 atom stereocenters. The Bertz CT molecular complexity index is 867. The van der Waals surface area contributed by atoms with Crippen LogP contribution in [0.5, 0.6) is 0 Å². The van der Waals surface area contributed by atoms with Gasteiger partial charge in [0.25, 0.3) is 0 Å². The molecular weight excluding hydrogens is 300 g/mol. The fourth-order valence-corrected chi connectivity index (χ4v) is 2.77. The molecule has 0 N–H and O–H groups in total. The van der Waals surface area contributed by atoms with Gasteiger partial charge in [0.15, 0.2) is 5.69 Å². The van der Waals surface area contributed by atoms with Crippen molar-refractivity contribution in [1.82, 2.24) is 9.55 Å². The van der Waals surface area contributed by atoms with Gasteiger partial charge in [-0.3, -0.25) is 4.57 Å². The normalized spacial score (nSPS) is 10.6. The first-order chi connectivity index (χ1) is 11.6. The summed E-state index contributed by atoms with van der Waals surface area (Å²) in [6.07, 6.45) is 0. The summed E-state index contributed by atoms with van der Waals surface area (Å²) in [5.41, 5.74) is 4.13. The van der Waals surface area contributed by atoms with Gasteiger partial charge in [0.05, 0.1) is 12.3 Å². The second kappa shape index (κ2) is 6.71. The molecule has 3 rings (SSSR count). The highest BCUT2D eigenvalue weighted by atomic mass is 16.5. The second-order valence-electron chi connectivity index (χ2n) is 5.63. The summed E-state index contributed by atoms with van der Waals surface area (Å²) in [5, 5.41) is 0. The minimum absolute atomic E-state index is 0.331. The number of rotatable bonds is 4. The number of imidazole rings is 1. The van der Waals surface area contributed by atoms with Crippen LogP contribution in [0, 0.1) is 13.8 Å². The van der Waals surface area contributed by atoms with Crippen LogP contribution in [0.15, 0.2) is 54.6 Å². The molecule has 0 fully saturated rings. The fourth-order valence-electron chi connectivity index (χ4n) is 2.77. The highest BCUT2D eigenvalue weighted by Crippen LogP contribution is 2.27. The third-order valence-electron chi connectivity index (χ3n) is 3.81. The number of nitrogens with zero attached hydrogens (tertiary/aromatic N) is 2. The zero-order chi connectivity index (χ0) is 17.1. The van der Waals surface area contributed by atoms with Crippen LogP contribution in [0.25, 0.3) is 17.1 Å². The van der Waals surface area contributed by atoms with Gasteiger partial charge in [-0.25, -0.2) is 9.78 Å². The van der Waals surface area contributed by atoms with E-state index < -0.39 is 0 Å². The van der Waals surface area contributed by atoms with E-state index in [0.717, 1.165) is 22.6 Å². The number of carbonyl (C=O) groups is 1. The minimum atomic E-state index is -0.356. The van der Waals surface area contributed by atoms with Crippen molar-refractivity contribution in [2.75, 3.05) is 6.61 Å². The van der Waals surface area contributed by atoms with Crippen LogP contribution in [0.1, 0.15) is 28.7 Å². The average molecular weight is 320 g/mol. The average Bonchev–Trinajstić information content (AvgIpc) is 2.93. The number of esters is 1. The summed E-state index contributed by atoms with van der Waals surface area (Å²) in [6, 6.07) is 17.9. The van der Waals surface area contributed by atoms with Crippen LogP contribution in [0.4, 0.5) is 0 Å². The molecule has 0 unspecified atom stereocenters. The van der Waals surface area contributed by atoms with Gasteiger partial charge >= 0.3 is 5.97 Å². The van der Waals surface area contributed by atoms with Crippen LogP contribution in [0.3, 0.4) is 0 Å². The largest absolute Gasteiger partial charge is 0.461 e. The topological polar surface area (TPSA) is 44.1 Å². The lowest BCUT2D eigenvalue weighted by atomic mass is 10.1. The lowest BCUT2D eigenvalue weighted by Gasteiger charge is -2.12. The molecule has 0 bridgehead atoms. The number of ether oxygens (including phenoxy) is 1. The number of hydrogen-bond donors (Lipinski definition) is 0. The third-order valence-corrected chi connectivity index (χ3v) is 3.81. The van der Waals surface area contributed by atoms with Crippen molar-refractivity contribution in [2.45, 2.75) is 20.8 Å². The zero-order valence-corrected chi connectivity index (χ0v) is 14.1. The predicted octanol–water partition coefficient (Wildman–Crippen LogP) is 4.33. The molecule has 0 saturated carbocycles. The molecule has 4 heteroatoms. The Hall–Kier alpha value is -2.88. The Morgan fingerprint density at radius 1 is 1.08 bits per heavy atom. The molecule has 0 aliphatic heterocycles. The van der Waals surface area contributed by atoms with Gasteiger partial charge in [0.1, 0.15) is 5.82 Å². The molecule has 0 amide bonds. The quantitative estimate of drug-likeness (QED) is 0.672. The van der Waals surface area contributed by atoms with Crippen LogP contribution < -0.4 is 0 Å². The third kappa shape index (κ3) is 2.95. The smallest absolute Gasteiger partial charge is 0.357 e. The number of hydrogen-bond acceptors (Lipinski definition) is 3. The first kappa shape index (κ1) is 16.0. The maximum Gasteiger partial charge on any atom is 0.357 e. The van der Waals surface area contributed by atoms with E-state index in [9.17, 15) is 4.79 Å². The Balaban J connectivity index is 2.27. The van der Waals surface area contributed by atoms with Crippen LogP contribution in [0.2, 0.25) is 0 Å². The van der Waals surface area contributed by atoms with E-state index in [1.54, 1.807) is 6.92 Å². The molecular formula is C20H20N2O2. The summed E-state index contributed by atoms with van der Waals surface area (Å²) in [5.74, 6) is 0.385. The van der Waals surface area contributed by atoms with Crippen LogP contribution in [-0.2, 0) is 4.74 Å². The van der Waals surface area contributed by atoms with Gasteiger partial charge in [-0.1, -0.05) is 42.0 Å². The predicted molar refractivity (Wildman–Crippen MR) is 94.4 cm³/mol. The van der Waals surface area contributed by atoms with Crippen molar-refractivity contribution in [3.8, 4) is 17.1 Å². The highest BCUT2D eigenvalue weighted by molar-refractivity contribution is 5.91. The van der Waals surface area contributed by atoms with Crippen molar-refractivity contribution in [2.24, 2.45) is 0 Å². The lowest BCUT2D eigenvalue weighted by molar-refractivity contribution is 0.0516. The van der Waals surface area contributed by atoms with E-state index in [1.165, 1.54) is 0 Å². The SMILES string of the molecule is CCOC(=O)c1c(C)nc(-c2cccc(C)c2)n1-c1ccccc1. The molecule has 1 aromatic heterocycles. The summed E-state index contributed by atoms with van der Waals surface area (Å²) in [6.45, 7) is 6.01. The molecule has 0 saturated heterocycles. The number of para-hydroxylation sites is 1. The van der Waals surface area contributed by atoms with Crippen molar-refractivity contribution in [1.29, 1.82) is 0 Å². The molecule has 0 aliphatic rings. The maximum atomic E-state index is 12.5. The van der Waals surface area contributed by atoms with Gasteiger partial charge in [-0.2, -0.15) is 0 Å². The van der Waals surface area contributed by atoms with Crippen molar-refractivity contribution < 1.29 is 9.53 Å². The van der Waals surface area contributed by atoms with Gasteiger partial charge in [0, 0.05) is 11.3 Å². The van der Waals surface area contributed by atoms with Crippen molar-refractivity contribution in [3.05, 3.63) is 71.5 Å². The summed E-state index contributed by atoms with van der Waals surface area (Å²) < 4.78 is 7.12. The molecule has 122 valence electrons. The monoisotopic (exact) mass is 320 g/mol. The lowest BCUT2D eigenvalue weighted by Crippen LogP contribution is -2.13. The van der Waals surface area contributed by atoms with E-state index in [2.05, 4.69) is 11.1 Å². The van der Waals surface area contributed by atoms with E-state index in [4.69, 9.17) is 4.74 Å². The van der Waals surface area contributed by atoms with E-state index in [0.29, 0.717) is 18.0 Å². The van der Waals surface area contributed by atoms with Gasteiger partial charge in [-0.05, 0) is 39.0 Å². The van der Waals surface area contributed by atoms with Gasteiger partial charge < -0.3 is 4.74 Å². The summed E-state index contributed by atoms with van der Waals surface area (Å²) in [7, 11) is 0. The maximum absolute atomic E-state index is 12.5. The first-order valence-electron chi connectivity index (χ1n) is 8.00. The Labute approximate surface area is 141 Å². The molecule has 24 heavy (non-hydrogen) atoms. The molecule has 0 radical (unpaired) electrons. The Morgan fingerprint density at radius 2 is 1.83 bits per heavy atom. The molecule has 4 nitrogen and oxygen atoms in total. The highest BCUT2D eigenvalue weighted by Gasteiger charge is 2.23. The molecule has 0 aliphatic carbocycles. The standard InChI is InChI=1S/C20H20N2O2/c1-4-24-20(23)18-15(3)21-19(16-10-8-9-14(2)13-16)22(18)17-11-6-5-7-12-17/h5-13H,4H2,1-3H3. The number of aryl methyl sites for hydroxylation is 2. The van der Waals surface area contributed by atoms with E-state index in [-0.39, 0.29) is 5.97 Å². The number of aromatic nitrogens is 2. The number of carbonyl (C=O) groups excluding carboxylic acids is 1. The Morgan fingerprint density at radius 3 is 2.50 bits per heavy atom. The Kier molecular flexibility index (Phi) is 4.47. The summed E-state index contributed by atoms with van der Waals surface area (Å²) >= 11 is 0. The molecule has 3 aromatic rings. The molecule has 1 heterocycles. The van der Waals surface area contributed by atoms with Gasteiger partial charge in [0.2, 0.25) is 0 Å². The van der Waals surface area contributed by atoms with Crippen LogP contribution >= 0.6 is 0 Å². The molecule has 2 aromatic carbocycles. The zero-order valence-electron chi connectivity index (χ0n) is 14.1. The van der Waals surface area contributed by atoms with Gasteiger partial charge in [-0.15, -0.1) is 0 Å². The minimum Gasteiger partial charge on any atom is -0.461 e. The first-order valence-corrected chi connectivity index (χ1v) is 8.00. The van der Waals surface area contributed by atoms with Crippen LogP contribution in [-0.4, -0.2) is 22.1 Å². The van der Waals surface area contributed by atoms with Crippen molar-refractivity contribution in [3.63, 3.8) is 0 Å².